The first-order valence-corrected chi connectivity index (χ1v) is 13.2. The molecule has 0 radical (unpaired) electrons. The third kappa shape index (κ3) is 6.54. The highest BCUT2D eigenvalue weighted by Gasteiger charge is 2.41. The first kappa shape index (κ1) is 28.0. The maximum atomic E-state index is 13.6. The van der Waals surface area contributed by atoms with E-state index in [9.17, 15) is 29.4 Å². The summed E-state index contributed by atoms with van der Waals surface area (Å²) < 4.78 is 0. The second-order valence-corrected chi connectivity index (χ2v) is 10.4. The van der Waals surface area contributed by atoms with Crippen LogP contribution in [0.1, 0.15) is 49.2 Å². The Morgan fingerprint density at radius 3 is 2.33 bits per heavy atom. The molecule has 39 heavy (non-hydrogen) atoms. The number of hydrogen-bond donors (Lipinski definition) is 6. The molecular formula is C28H35N5O6. The van der Waals surface area contributed by atoms with Crippen molar-refractivity contribution in [1.29, 1.82) is 0 Å². The van der Waals surface area contributed by atoms with E-state index in [0.717, 1.165) is 24.8 Å². The number of rotatable bonds is 5. The van der Waals surface area contributed by atoms with Gasteiger partial charge in [0.25, 0.3) is 5.91 Å². The van der Waals surface area contributed by atoms with Gasteiger partial charge in [-0.15, -0.1) is 0 Å². The average molecular weight is 538 g/mol. The van der Waals surface area contributed by atoms with Gasteiger partial charge >= 0.3 is 0 Å². The highest BCUT2D eigenvalue weighted by molar-refractivity contribution is 5.98. The Morgan fingerprint density at radius 1 is 0.974 bits per heavy atom. The van der Waals surface area contributed by atoms with E-state index < -0.39 is 59.8 Å². The number of hydrogen-bond acceptors (Lipinski definition) is 7. The Morgan fingerprint density at radius 2 is 1.69 bits per heavy atom. The zero-order chi connectivity index (χ0) is 28.1. The number of carbonyl (C=O) groups excluding carboxylic acids is 4. The molecule has 2 aliphatic rings. The Hall–Kier alpha value is -3.99. The minimum atomic E-state index is -1.29. The lowest BCUT2D eigenvalue weighted by Gasteiger charge is -2.37. The van der Waals surface area contributed by atoms with Crippen molar-refractivity contribution in [2.24, 2.45) is 11.8 Å². The van der Waals surface area contributed by atoms with E-state index in [4.69, 9.17) is 0 Å². The number of carbonyl (C=O) groups is 4. The van der Waals surface area contributed by atoms with Crippen molar-refractivity contribution in [3.05, 3.63) is 59.9 Å². The second kappa shape index (κ2) is 12.2. The molecule has 1 aliphatic carbocycles. The van der Waals surface area contributed by atoms with E-state index in [1.54, 1.807) is 13.8 Å². The number of nitrogens with zero attached hydrogens (tertiary/aromatic N) is 1. The number of pyridine rings is 1. The van der Waals surface area contributed by atoms with Crippen molar-refractivity contribution < 1.29 is 29.4 Å². The molecule has 1 aromatic heterocycles. The van der Waals surface area contributed by atoms with Gasteiger partial charge in [-0.25, -0.2) is 4.98 Å². The molecule has 0 bridgehead atoms. The van der Waals surface area contributed by atoms with Crippen molar-refractivity contribution in [1.82, 2.24) is 26.3 Å². The molecule has 1 aliphatic heterocycles. The summed E-state index contributed by atoms with van der Waals surface area (Å²) >= 11 is 0. The summed E-state index contributed by atoms with van der Waals surface area (Å²) in [7, 11) is 0. The maximum absolute atomic E-state index is 13.6. The Bertz CT molecular complexity index is 1200. The number of amides is 4. The van der Waals surface area contributed by atoms with Crippen LogP contribution in [-0.4, -0.2) is 69.1 Å². The Kier molecular flexibility index (Phi) is 8.80. The number of aromatic nitrogens is 1. The summed E-state index contributed by atoms with van der Waals surface area (Å²) in [5.74, 6) is -3.80. The summed E-state index contributed by atoms with van der Waals surface area (Å²) in [6.07, 6.45) is 2.73. The molecule has 6 atom stereocenters. The van der Waals surface area contributed by atoms with Gasteiger partial charge in [-0.05, 0) is 49.8 Å². The van der Waals surface area contributed by atoms with Crippen molar-refractivity contribution in [3.8, 4) is 5.75 Å². The Labute approximate surface area is 226 Å². The molecule has 2 aromatic rings. The van der Waals surface area contributed by atoms with E-state index in [-0.39, 0.29) is 23.8 Å². The van der Waals surface area contributed by atoms with Crippen LogP contribution in [-0.2, 0) is 20.8 Å². The molecule has 0 spiro atoms. The molecule has 1 aromatic carbocycles. The predicted octanol–water partition coefficient (Wildman–Crippen LogP) is 0.413. The maximum Gasteiger partial charge on any atom is 0.274 e. The van der Waals surface area contributed by atoms with Crippen LogP contribution in [0.2, 0.25) is 0 Å². The van der Waals surface area contributed by atoms with E-state index in [0.29, 0.717) is 0 Å². The fraction of sp³-hybridized carbons (Fsp3) is 0.464. The molecule has 2 fully saturated rings. The Balaban J connectivity index is 1.67. The number of aliphatic hydroxyl groups is 1. The van der Waals surface area contributed by atoms with Gasteiger partial charge in [0.1, 0.15) is 17.8 Å². The quantitative estimate of drug-likeness (QED) is 0.321. The van der Waals surface area contributed by atoms with Gasteiger partial charge in [-0.2, -0.15) is 0 Å². The lowest BCUT2D eigenvalue weighted by molar-refractivity contribution is -0.137. The van der Waals surface area contributed by atoms with Crippen LogP contribution < -0.4 is 21.3 Å². The SMILES string of the molecule is C[C@H]1NC(=O)C(C2CCC2)NC(=O)[C@H](C)[C@H](O)[C@H](Cc2ccccc2)NC(=O)[C@H]1NC(=O)c1ncccc1O. The van der Waals surface area contributed by atoms with Crippen molar-refractivity contribution >= 4 is 23.6 Å². The minimum Gasteiger partial charge on any atom is -0.505 e. The summed E-state index contributed by atoms with van der Waals surface area (Å²) in [6, 6.07) is 8.06. The van der Waals surface area contributed by atoms with Gasteiger partial charge in [0.05, 0.1) is 24.1 Å². The smallest absolute Gasteiger partial charge is 0.274 e. The highest BCUT2D eigenvalue weighted by atomic mass is 16.3. The van der Waals surface area contributed by atoms with E-state index >= 15 is 0 Å². The molecule has 11 heteroatoms. The number of benzene rings is 1. The number of aromatic hydroxyl groups is 1. The molecule has 11 nitrogen and oxygen atoms in total. The summed E-state index contributed by atoms with van der Waals surface area (Å²) in [5, 5.41) is 32.3. The third-order valence-electron chi connectivity index (χ3n) is 7.61. The minimum absolute atomic E-state index is 0.0686. The predicted molar refractivity (Wildman–Crippen MR) is 141 cm³/mol. The largest absolute Gasteiger partial charge is 0.505 e. The van der Waals surface area contributed by atoms with Crippen molar-refractivity contribution in [2.45, 2.75) is 69.8 Å². The monoisotopic (exact) mass is 537 g/mol. The molecule has 1 saturated heterocycles. The van der Waals surface area contributed by atoms with Gasteiger partial charge in [-0.3, -0.25) is 19.2 Å². The zero-order valence-corrected chi connectivity index (χ0v) is 22.0. The van der Waals surface area contributed by atoms with E-state index in [1.807, 2.05) is 30.3 Å². The van der Waals surface area contributed by atoms with Crippen LogP contribution in [0, 0.1) is 11.8 Å². The molecule has 6 N–H and O–H groups in total. The van der Waals surface area contributed by atoms with E-state index in [1.165, 1.54) is 18.3 Å². The second-order valence-electron chi connectivity index (χ2n) is 10.4. The van der Waals surface area contributed by atoms with Crippen LogP contribution >= 0.6 is 0 Å². The van der Waals surface area contributed by atoms with Crippen LogP contribution in [0.4, 0.5) is 0 Å². The molecule has 208 valence electrons. The van der Waals surface area contributed by atoms with Gasteiger partial charge in [0.15, 0.2) is 5.69 Å². The topological polar surface area (TPSA) is 170 Å². The first-order valence-electron chi connectivity index (χ1n) is 13.2. The van der Waals surface area contributed by atoms with Gasteiger partial charge in [0.2, 0.25) is 17.7 Å². The molecule has 1 unspecified atom stereocenters. The normalized spacial score (nSPS) is 28.5. The van der Waals surface area contributed by atoms with Gasteiger partial charge < -0.3 is 31.5 Å². The third-order valence-corrected chi connectivity index (χ3v) is 7.61. The van der Waals surface area contributed by atoms with Gasteiger partial charge in [-0.1, -0.05) is 43.7 Å². The van der Waals surface area contributed by atoms with Crippen molar-refractivity contribution in [3.63, 3.8) is 0 Å². The van der Waals surface area contributed by atoms with Gasteiger partial charge in [0, 0.05) is 6.20 Å². The first-order chi connectivity index (χ1) is 18.7. The van der Waals surface area contributed by atoms with Crippen molar-refractivity contribution in [2.75, 3.05) is 0 Å². The highest BCUT2D eigenvalue weighted by Crippen LogP contribution is 2.30. The standard InChI is InChI=1S/C28H35N5O6/c1-15-24(35)19(14-17-8-4-3-5-9-17)31-26(37)21(32-28(39)23-20(34)12-7-13-29-23)16(2)30-27(38)22(33-25(15)36)18-10-6-11-18/h3-5,7-9,12-13,15-16,18-19,21-22,24,34-35H,6,10-11,14H2,1-2H3,(H,30,38)(H,31,37)(H,32,39)(H,33,36)/t15-,16-,19+,21+,22?,24+/m1/s1. The summed E-state index contributed by atoms with van der Waals surface area (Å²) in [4.78, 5) is 57.0. The van der Waals surface area contributed by atoms with Crippen LogP contribution in [0.15, 0.2) is 48.7 Å². The fourth-order valence-corrected chi connectivity index (χ4v) is 4.95. The average Bonchev–Trinajstić information content (AvgIpc) is 2.89. The molecule has 4 rings (SSSR count). The summed E-state index contributed by atoms with van der Waals surface area (Å²) in [6.45, 7) is 3.12. The summed E-state index contributed by atoms with van der Waals surface area (Å²) in [5.41, 5.74) is 0.554. The van der Waals surface area contributed by atoms with E-state index in [2.05, 4.69) is 26.3 Å². The van der Waals surface area contributed by atoms with Crippen LogP contribution in [0.5, 0.6) is 5.75 Å². The zero-order valence-electron chi connectivity index (χ0n) is 22.0. The van der Waals surface area contributed by atoms with Crippen LogP contribution in [0.25, 0.3) is 0 Å². The molecular weight excluding hydrogens is 502 g/mol. The lowest BCUT2D eigenvalue weighted by Crippen LogP contribution is -2.64. The number of aliphatic hydroxyl groups excluding tert-OH is 1. The molecule has 4 amide bonds. The fourth-order valence-electron chi connectivity index (χ4n) is 4.95. The molecule has 1 saturated carbocycles. The van der Waals surface area contributed by atoms with Crippen LogP contribution in [0.3, 0.4) is 0 Å². The number of nitrogens with one attached hydrogen (secondary N) is 4. The molecule has 2 heterocycles. The lowest BCUT2D eigenvalue weighted by atomic mass is 9.78.